The first-order chi connectivity index (χ1) is 12.3. The topological polar surface area (TPSA) is 61.2 Å². The van der Waals surface area contributed by atoms with Crippen molar-refractivity contribution >= 4 is 16.7 Å². The van der Waals surface area contributed by atoms with Crippen LogP contribution < -0.4 is 10.1 Å². The van der Waals surface area contributed by atoms with Crippen LogP contribution in [0.15, 0.2) is 42.7 Å². The van der Waals surface area contributed by atoms with Gasteiger partial charge in [-0.25, -0.2) is 9.67 Å². The van der Waals surface area contributed by atoms with E-state index in [0.717, 1.165) is 54.1 Å². The van der Waals surface area contributed by atoms with Crippen LogP contribution in [0.5, 0.6) is 5.75 Å². The maximum Gasteiger partial charge on any atom is 0.160 e. The molecule has 0 bridgehead atoms. The van der Waals surface area contributed by atoms with Crippen molar-refractivity contribution in [3.63, 3.8) is 0 Å². The first-order valence-electron chi connectivity index (χ1n) is 8.61. The van der Waals surface area contributed by atoms with Gasteiger partial charge in [0.2, 0.25) is 0 Å². The standard InChI is InChI=1S/C19H22N4O2/c1-24-16-4-2-14(3-5-16)13-23-19-17(12-21-23)18(6-9-20-19)22-15-7-10-25-11-8-15/h2-6,9,12,15H,7-8,10-11,13H2,1H3,(H,20,22). The second kappa shape index (κ2) is 7.11. The predicted octanol–water partition coefficient (Wildman–Crippen LogP) is 3.08. The molecule has 1 fully saturated rings. The number of pyridine rings is 1. The molecule has 130 valence electrons. The minimum atomic E-state index is 0.448. The molecular formula is C19H22N4O2. The molecule has 0 radical (unpaired) electrons. The Bertz CT molecular complexity index is 838. The van der Waals surface area contributed by atoms with Crippen molar-refractivity contribution in [3.05, 3.63) is 48.3 Å². The number of hydrogen-bond acceptors (Lipinski definition) is 5. The summed E-state index contributed by atoms with van der Waals surface area (Å²) in [6, 6.07) is 10.5. The van der Waals surface area contributed by atoms with Gasteiger partial charge in [0.05, 0.1) is 25.2 Å². The minimum absolute atomic E-state index is 0.448. The molecule has 4 rings (SSSR count). The smallest absolute Gasteiger partial charge is 0.160 e. The molecule has 6 nitrogen and oxygen atoms in total. The molecule has 1 N–H and O–H groups in total. The molecule has 0 aliphatic carbocycles. The summed E-state index contributed by atoms with van der Waals surface area (Å²) in [4.78, 5) is 4.54. The van der Waals surface area contributed by atoms with Gasteiger partial charge >= 0.3 is 0 Å². The lowest BCUT2D eigenvalue weighted by Gasteiger charge is -2.24. The normalized spacial score (nSPS) is 15.4. The summed E-state index contributed by atoms with van der Waals surface area (Å²) in [5, 5.41) is 9.23. The molecule has 0 spiro atoms. The fraction of sp³-hybridized carbons (Fsp3) is 0.368. The number of aromatic nitrogens is 3. The summed E-state index contributed by atoms with van der Waals surface area (Å²) >= 11 is 0. The minimum Gasteiger partial charge on any atom is -0.497 e. The van der Waals surface area contributed by atoms with Crippen molar-refractivity contribution in [2.24, 2.45) is 0 Å². The predicted molar refractivity (Wildman–Crippen MR) is 97.1 cm³/mol. The Kier molecular flexibility index (Phi) is 4.52. The number of hydrogen-bond donors (Lipinski definition) is 1. The first-order valence-corrected chi connectivity index (χ1v) is 8.61. The van der Waals surface area contributed by atoms with Gasteiger partial charge in [-0.3, -0.25) is 0 Å². The molecule has 0 amide bonds. The van der Waals surface area contributed by atoms with Gasteiger partial charge in [0.15, 0.2) is 5.65 Å². The molecule has 0 atom stereocenters. The van der Waals surface area contributed by atoms with Gasteiger partial charge in [-0.2, -0.15) is 5.10 Å². The van der Waals surface area contributed by atoms with Crippen molar-refractivity contribution in [1.82, 2.24) is 14.8 Å². The Morgan fingerprint density at radius 2 is 2.00 bits per heavy atom. The van der Waals surface area contributed by atoms with Crippen LogP contribution in [0.3, 0.4) is 0 Å². The van der Waals surface area contributed by atoms with E-state index in [4.69, 9.17) is 9.47 Å². The molecule has 1 aliphatic rings. The highest BCUT2D eigenvalue weighted by atomic mass is 16.5. The Morgan fingerprint density at radius 1 is 1.20 bits per heavy atom. The van der Waals surface area contributed by atoms with Crippen molar-refractivity contribution in [2.45, 2.75) is 25.4 Å². The Hall–Kier alpha value is -2.60. The number of benzene rings is 1. The van der Waals surface area contributed by atoms with E-state index >= 15 is 0 Å². The Labute approximate surface area is 146 Å². The summed E-state index contributed by atoms with van der Waals surface area (Å²) in [7, 11) is 1.67. The average molecular weight is 338 g/mol. The number of rotatable bonds is 5. The first kappa shape index (κ1) is 15.9. The lowest BCUT2D eigenvalue weighted by Crippen LogP contribution is -2.27. The second-order valence-electron chi connectivity index (χ2n) is 6.28. The molecule has 0 saturated carbocycles. The third-order valence-electron chi connectivity index (χ3n) is 4.61. The summed E-state index contributed by atoms with van der Waals surface area (Å²) in [6.07, 6.45) is 5.80. The number of methoxy groups -OCH3 is 1. The van der Waals surface area contributed by atoms with Crippen LogP contribution in [0, 0.1) is 0 Å². The quantitative estimate of drug-likeness (QED) is 0.775. The highest BCUT2D eigenvalue weighted by Gasteiger charge is 2.16. The molecule has 3 heterocycles. The number of anilines is 1. The van der Waals surface area contributed by atoms with Gasteiger partial charge in [-0.1, -0.05) is 12.1 Å². The van der Waals surface area contributed by atoms with E-state index in [0.29, 0.717) is 12.6 Å². The van der Waals surface area contributed by atoms with Crippen molar-refractivity contribution < 1.29 is 9.47 Å². The summed E-state index contributed by atoms with van der Waals surface area (Å²) in [6.45, 7) is 2.33. The summed E-state index contributed by atoms with van der Waals surface area (Å²) < 4.78 is 12.6. The third-order valence-corrected chi connectivity index (χ3v) is 4.61. The SMILES string of the molecule is COc1ccc(Cn2ncc3c(NC4CCOCC4)ccnc32)cc1. The van der Waals surface area contributed by atoms with Crippen LogP contribution in [0.25, 0.3) is 11.0 Å². The monoisotopic (exact) mass is 338 g/mol. The van der Waals surface area contributed by atoms with E-state index in [1.165, 1.54) is 0 Å². The summed E-state index contributed by atoms with van der Waals surface area (Å²) in [5.41, 5.74) is 3.15. The van der Waals surface area contributed by atoms with E-state index in [9.17, 15) is 0 Å². The van der Waals surface area contributed by atoms with E-state index in [-0.39, 0.29) is 0 Å². The van der Waals surface area contributed by atoms with E-state index in [1.54, 1.807) is 7.11 Å². The van der Waals surface area contributed by atoms with E-state index in [2.05, 4.69) is 27.5 Å². The van der Waals surface area contributed by atoms with Crippen molar-refractivity contribution in [3.8, 4) is 5.75 Å². The van der Waals surface area contributed by atoms with Gasteiger partial charge in [0.25, 0.3) is 0 Å². The summed E-state index contributed by atoms with van der Waals surface area (Å²) in [5.74, 6) is 0.857. The van der Waals surface area contributed by atoms with Gasteiger partial charge in [0, 0.05) is 31.1 Å². The lowest BCUT2D eigenvalue weighted by molar-refractivity contribution is 0.0905. The zero-order valence-electron chi connectivity index (χ0n) is 14.3. The molecule has 1 aromatic carbocycles. The van der Waals surface area contributed by atoms with Crippen molar-refractivity contribution in [2.75, 3.05) is 25.6 Å². The van der Waals surface area contributed by atoms with Crippen LogP contribution in [-0.4, -0.2) is 41.1 Å². The van der Waals surface area contributed by atoms with Gasteiger partial charge in [-0.05, 0) is 36.6 Å². The number of ether oxygens (including phenoxy) is 2. The fourth-order valence-electron chi connectivity index (χ4n) is 3.18. The molecule has 1 saturated heterocycles. The number of nitrogens with one attached hydrogen (secondary N) is 1. The highest BCUT2D eigenvalue weighted by molar-refractivity contribution is 5.88. The molecular weight excluding hydrogens is 316 g/mol. The van der Waals surface area contributed by atoms with Gasteiger partial charge in [0.1, 0.15) is 5.75 Å². The van der Waals surface area contributed by atoms with Crippen LogP contribution in [0.2, 0.25) is 0 Å². The van der Waals surface area contributed by atoms with Crippen LogP contribution in [0.1, 0.15) is 18.4 Å². The van der Waals surface area contributed by atoms with Crippen LogP contribution >= 0.6 is 0 Å². The maximum atomic E-state index is 5.43. The van der Waals surface area contributed by atoms with E-state index in [1.807, 2.05) is 35.3 Å². The molecule has 25 heavy (non-hydrogen) atoms. The van der Waals surface area contributed by atoms with Crippen LogP contribution in [-0.2, 0) is 11.3 Å². The number of fused-ring (bicyclic) bond motifs is 1. The van der Waals surface area contributed by atoms with E-state index < -0.39 is 0 Å². The van der Waals surface area contributed by atoms with Gasteiger partial charge in [-0.15, -0.1) is 0 Å². The molecule has 6 heteroatoms. The lowest BCUT2D eigenvalue weighted by atomic mass is 10.1. The number of nitrogens with zero attached hydrogens (tertiary/aromatic N) is 3. The second-order valence-corrected chi connectivity index (χ2v) is 6.28. The molecule has 3 aromatic rings. The molecule has 0 unspecified atom stereocenters. The zero-order chi connectivity index (χ0) is 17.1. The average Bonchev–Trinajstić information content (AvgIpc) is 3.07. The zero-order valence-corrected chi connectivity index (χ0v) is 14.3. The Balaban J connectivity index is 1.57. The van der Waals surface area contributed by atoms with Gasteiger partial charge < -0.3 is 14.8 Å². The van der Waals surface area contributed by atoms with Crippen molar-refractivity contribution in [1.29, 1.82) is 0 Å². The maximum absolute atomic E-state index is 5.43. The molecule has 1 aliphatic heterocycles. The fourth-order valence-corrected chi connectivity index (χ4v) is 3.18. The van der Waals surface area contributed by atoms with Crippen LogP contribution in [0.4, 0.5) is 5.69 Å². The third kappa shape index (κ3) is 3.44. The highest BCUT2D eigenvalue weighted by Crippen LogP contribution is 2.24. The Morgan fingerprint density at radius 3 is 2.76 bits per heavy atom. The largest absolute Gasteiger partial charge is 0.497 e. The molecule has 2 aromatic heterocycles.